The molecule has 0 aliphatic carbocycles. The van der Waals surface area contributed by atoms with Crippen molar-refractivity contribution in [1.82, 2.24) is 10.2 Å². The zero-order chi connectivity index (χ0) is 13.7. The summed E-state index contributed by atoms with van der Waals surface area (Å²) in [7, 11) is 0. The second-order valence-corrected chi connectivity index (χ2v) is 7.66. The minimum absolute atomic E-state index is 0.435. The highest BCUT2D eigenvalue weighted by Gasteiger charge is 2.37. The normalized spacial score (nSPS) is 32.4. The second-order valence-electron chi connectivity index (χ2n) is 6.18. The predicted molar refractivity (Wildman–Crippen MR) is 84.0 cm³/mol. The van der Waals surface area contributed by atoms with Crippen LogP contribution in [0.25, 0.3) is 0 Å². The number of nitrogens with zero attached hydrogens (tertiary/aromatic N) is 1. The topological polar surface area (TPSA) is 24.5 Å². The Morgan fingerprint density at radius 2 is 2.05 bits per heavy atom. The molecule has 2 atom stereocenters. The van der Waals surface area contributed by atoms with E-state index >= 15 is 0 Å². The molecule has 0 aromatic carbocycles. The van der Waals surface area contributed by atoms with Gasteiger partial charge >= 0.3 is 0 Å². The van der Waals surface area contributed by atoms with E-state index < -0.39 is 0 Å². The van der Waals surface area contributed by atoms with Gasteiger partial charge in [0.2, 0.25) is 0 Å². The third-order valence-electron chi connectivity index (χ3n) is 4.86. The molecule has 2 aliphatic heterocycles. The van der Waals surface area contributed by atoms with Crippen molar-refractivity contribution in [3.63, 3.8) is 0 Å². The molecule has 2 rings (SSSR count). The minimum Gasteiger partial charge on any atom is -0.381 e. The van der Waals surface area contributed by atoms with E-state index in [1.54, 1.807) is 0 Å². The number of nitrogens with one attached hydrogen (secondary N) is 1. The van der Waals surface area contributed by atoms with E-state index in [4.69, 9.17) is 4.74 Å². The average Bonchev–Trinajstić information content (AvgIpc) is 2.43. The molecule has 0 amide bonds. The molecular weight excluding hydrogens is 256 g/mol. The van der Waals surface area contributed by atoms with Crippen molar-refractivity contribution in [3.8, 4) is 0 Å². The lowest BCUT2D eigenvalue weighted by atomic mass is 9.79. The minimum atomic E-state index is 0.435. The first-order valence-corrected chi connectivity index (χ1v) is 8.86. The standard InChI is InChI=1S/C15H30N2OS/c1-4-16-11-15(5-8-18-9-6-15)12-17-7-10-19-14(3)13(17)2/h13-14,16H,4-12H2,1-3H3. The van der Waals surface area contributed by atoms with Gasteiger partial charge in [0.1, 0.15) is 0 Å². The molecular formula is C15H30N2OS. The highest BCUT2D eigenvalue weighted by atomic mass is 32.2. The van der Waals surface area contributed by atoms with Gasteiger partial charge < -0.3 is 10.1 Å². The molecule has 19 heavy (non-hydrogen) atoms. The summed E-state index contributed by atoms with van der Waals surface area (Å²) in [5, 5.41) is 4.36. The Morgan fingerprint density at radius 3 is 2.74 bits per heavy atom. The fourth-order valence-electron chi connectivity index (χ4n) is 3.23. The quantitative estimate of drug-likeness (QED) is 0.837. The molecule has 0 aromatic heterocycles. The molecule has 4 heteroatoms. The number of hydrogen-bond acceptors (Lipinski definition) is 4. The molecule has 0 saturated carbocycles. The summed E-state index contributed by atoms with van der Waals surface area (Å²) >= 11 is 2.13. The Morgan fingerprint density at radius 1 is 1.32 bits per heavy atom. The van der Waals surface area contributed by atoms with Crippen LogP contribution in [0.1, 0.15) is 33.6 Å². The Kier molecular flexibility index (Phi) is 6.00. The van der Waals surface area contributed by atoms with Gasteiger partial charge in [-0.1, -0.05) is 13.8 Å². The first kappa shape index (κ1) is 15.6. The van der Waals surface area contributed by atoms with Gasteiger partial charge in [0.05, 0.1) is 0 Å². The lowest BCUT2D eigenvalue weighted by molar-refractivity contribution is -0.00984. The Labute approximate surface area is 122 Å². The van der Waals surface area contributed by atoms with E-state index in [9.17, 15) is 0 Å². The van der Waals surface area contributed by atoms with Crippen LogP contribution < -0.4 is 5.32 Å². The smallest absolute Gasteiger partial charge is 0.0472 e. The van der Waals surface area contributed by atoms with Gasteiger partial charge in [-0.05, 0) is 31.7 Å². The maximum Gasteiger partial charge on any atom is 0.0472 e. The maximum absolute atomic E-state index is 5.59. The van der Waals surface area contributed by atoms with Crippen molar-refractivity contribution in [1.29, 1.82) is 0 Å². The van der Waals surface area contributed by atoms with Gasteiger partial charge in [0.15, 0.2) is 0 Å². The van der Waals surface area contributed by atoms with Crippen molar-refractivity contribution in [2.24, 2.45) is 5.41 Å². The van der Waals surface area contributed by atoms with Gasteiger partial charge in [-0.25, -0.2) is 0 Å². The fourth-order valence-corrected chi connectivity index (χ4v) is 4.40. The SMILES string of the molecule is CCNCC1(CN2CCSC(C)C2C)CCOCC1. The Hall–Kier alpha value is 0.230. The van der Waals surface area contributed by atoms with Crippen LogP contribution in [0.15, 0.2) is 0 Å². The van der Waals surface area contributed by atoms with Crippen LogP contribution in [0.5, 0.6) is 0 Å². The van der Waals surface area contributed by atoms with Crippen LogP contribution >= 0.6 is 11.8 Å². The molecule has 0 aromatic rings. The molecule has 2 saturated heterocycles. The van der Waals surface area contributed by atoms with E-state index in [0.717, 1.165) is 31.6 Å². The summed E-state index contributed by atoms with van der Waals surface area (Å²) in [6, 6.07) is 0.708. The van der Waals surface area contributed by atoms with Gasteiger partial charge in [0.25, 0.3) is 0 Å². The number of thioether (sulfide) groups is 1. The highest BCUT2D eigenvalue weighted by Crippen LogP contribution is 2.34. The molecule has 2 unspecified atom stereocenters. The summed E-state index contributed by atoms with van der Waals surface area (Å²) in [4.78, 5) is 2.73. The van der Waals surface area contributed by atoms with Crippen molar-refractivity contribution in [2.75, 3.05) is 45.1 Å². The molecule has 0 bridgehead atoms. The molecule has 1 N–H and O–H groups in total. The zero-order valence-corrected chi connectivity index (χ0v) is 13.6. The van der Waals surface area contributed by atoms with Gasteiger partial charge in [0, 0.05) is 49.9 Å². The van der Waals surface area contributed by atoms with E-state index in [1.165, 1.54) is 31.7 Å². The van der Waals surface area contributed by atoms with Gasteiger partial charge in [-0.15, -0.1) is 0 Å². The maximum atomic E-state index is 5.59. The molecule has 0 radical (unpaired) electrons. The summed E-state index contributed by atoms with van der Waals surface area (Å²) in [6.45, 7) is 13.6. The summed E-state index contributed by atoms with van der Waals surface area (Å²) in [5.74, 6) is 1.29. The molecule has 2 aliphatic rings. The van der Waals surface area contributed by atoms with Crippen molar-refractivity contribution >= 4 is 11.8 Å². The number of hydrogen-bond donors (Lipinski definition) is 1. The van der Waals surface area contributed by atoms with Crippen LogP contribution in [0.2, 0.25) is 0 Å². The lowest BCUT2D eigenvalue weighted by Crippen LogP contribution is -2.53. The van der Waals surface area contributed by atoms with Crippen LogP contribution in [-0.2, 0) is 4.74 Å². The third kappa shape index (κ3) is 4.10. The van der Waals surface area contributed by atoms with Gasteiger partial charge in [-0.3, -0.25) is 4.90 Å². The Balaban J connectivity index is 1.98. The fraction of sp³-hybridized carbons (Fsp3) is 1.00. The second kappa shape index (κ2) is 7.30. The van der Waals surface area contributed by atoms with Crippen LogP contribution in [0.4, 0.5) is 0 Å². The number of rotatable bonds is 5. The molecule has 2 heterocycles. The van der Waals surface area contributed by atoms with Crippen molar-refractivity contribution in [2.45, 2.75) is 44.9 Å². The Bertz CT molecular complexity index is 269. The van der Waals surface area contributed by atoms with Crippen molar-refractivity contribution in [3.05, 3.63) is 0 Å². The number of ether oxygens (including phenoxy) is 1. The van der Waals surface area contributed by atoms with Gasteiger partial charge in [-0.2, -0.15) is 11.8 Å². The average molecular weight is 286 g/mol. The van der Waals surface area contributed by atoms with Crippen molar-refractivity contribution < 1.29 is 4.74 Å². The zero-order valence-electron chi connectivity index (χ0n) is 12.8. The molecule has 2 fully saturated rings. The van der Waals surface area contributed by atoms with Crippen LogP contribution in [0.3, 0.4) is 0 Å². The largest absolute Gasteiger partial charge is 0.381 e. The van der Waals surface area contributed by atoms with E-state index in [1.807, 2.05) is 0 Å². The first-order chi connectivity index (χ1) is 9.17. The van der Waals surface area contributed by atoms with Crippen LogP contribution in [-0.4, -0.2) is 61.3 Å². The summed E-state index contributed by atoms with van der Waals surface area (Å²) in [5.41, 5.74) is 0.435. The highest BCUT2D eigenvalue weighted by molar-refractivity contribution is 8.00. The monoisotopic (exact) mass is 286 g/mol. The van der Waals surface area contributed by atoms with E-state index in [2.05, 4.69) is 42.7 Å². The molecule has 112 valence electrons. The first-order valence-electron chi connectivity index (χ1n) is 7.81. The summed E-state index contributed by atoms with van der Waals surface area (Å²) < 4.78 is 5.59. The van der Waals surface area contributed by atoms with E-state index in [-0.39, 0.29) is 0 Å². The molecule has 0 spiro atoms. The van der Waals surface area contributed by atoms with E-state index in [0.29, 0.717) is 11.5 Å². The third-order valence-corrected chi connectivity index (χ3v) is 6.19. The lowest BCUT2D eigenvalue weighted by Gasteiger charge is -2.46. The van der Waals surface area contributed by atoms with Crippen LogP contribution in [0, 0.1) is 5.41 Å². The summed E-state index contributed by atoms with van der Waals surface area (Å²) in [6.07, 6.45) is 2.43. The predicted octanol–water partition coefficient (Wildman–Crippen LogP) is 2.22. The molecule has 3 nitrogen and oxygen atoms in total.